The fourth-order valence-corrected chi connectivity index (χ4v) is 2.10. The van der Waals surface area contributed by atoms with Gasteiger partial charge in [-0.25, -0.2) is 4.98 Å². The van der Waals surface area contributed by atoms with Crippen molar-refractivity contribution in [2.75, 3.05) is 20.6 Å². The summed E-state index contributed by atoms with van der Waals surface area (Å²) in [7, 11) is 4.05. The molecule has 0 amide bonds. The van der Waals surface area contributed by atoms with E-state index in [0.717, 1.165) is 55.7 Å². The van der Waals surface area contributed by atoms with Crippen LogP contribution in [-0.2, 0) is 19.3 Å². The van der Waals surface area contributed by atoms with Crippen LogP contribution in [0.5, 0.6) is 0 Å². The van der Waals surface area contributed by atoms with Gasteiger partial charge >= 0.3 is 0 Å². The zero-order valence-corrected chi connectivity index (χ0v) is 10.0. The van der Waals surface area contributed by atoms with Crippen LogP contribution in [0, 0.1) is 0 Å². The molecule has 0 aromatic carbocycles. The molecule has 88 valence electrons. The number of aromatic nitrogens is 2. The molecule has 1 aliphatic rings. The van der Waals surface area contributed by atoms with Gasteiger partial charge in [-0.2, -0.15) is 0 Å². The second kappa shape index (κ2) is 4.78. The number of nitrogens with zero attached hydrogens (tertiary/aromatic N) is 2. The highest BCUT2D eigenvalue weighted by Gasteiger charge is 2.15. The normalized spacial score (nSPS) is 15.2. The number of hydrogen-bond acceptors (Lipinski definition) is 3. The van der Waals surface area contributed by atoms with Crippen LogP contribution in [0.4, 0.5) is 0 Å². The van der Waals surface area contributed by atoms with Crippen molar-refractivity contribution in [3.05, 3.63) is 27.4 Å². The molecule has 0 saturated carbocycles. The summed E-state index contributed by atoms with van der Waals surface area (Å²) in [5, 5.41) is 0. The van der Waals surface area contributed by atoms with E-state index in [2.05, 4.69) is 14.9 Å². The Hall–Kier alpha value is -1.16. The van der Waals surface area contributed by atoms with E-state index in [1.165, 1.54) is 0 Å². The number of likely N-dealkylation sites (N-methyl/N-ethyl adjacent to an activating group) is 1. The maximum absolute atomic E-state index is 11.8. The molecular formula is C12H19N3O. The number of H-pyrrole nitrogens is 1. The number of fused-ring (bicyclic) bond motifs is 1. The molecule has 0 saturated heterocycles. The van der Waals surface area contributed by atoms with Gasteiger partial charge in [-0.05, 0) is 39.8 Å². The van der Waals surface area contributed by atoms with Crippen molar-refractivity contribution in [2.24, 2.45) is 0 Å². The van der Waals surface area contributed by atoms with Gasteiger partial charge < -0.3 is 9.88 Å². The standard InChI is InChI=1S/C12H19N3O/c1-15(2)8-7-11-13-10-6-4-3-5-9(10)12(16)14-11/h3-8H2,1-2H3,(H,13,14,16). The second-order valence-corrected chi connectivity index (χ2v) is 4.70. The van der Waals surface area contributed by atoms with E-state index in [1.54, 1.807) is 0 Å². The van der Waals surface area contributed by atoms with Crippen molar-refractivity contribution in [3.8, 4) is 0 Å². The number of hydrogen-bond donors (Lipinski definition) is 1. The van der Waals surface area contributed by atoms with Crippen LogP contribution < -0.4 is 5.56 Å². The highest BCUT2D eigenvalue weighted by atomic mass is 16.1. The van der Waals surface area contributed by atoms with E-state index >= 15 is 0 Å². The lowest BCUT2D eigenvalue weighted by Gasteiger charge is -2.15. The molecule has 1 aliphatic carbocycles. The fraction of sp³-hybridized carbons (Fsp3) is 0.667. The molecular weight excluding hydrogens is 202 g/mol. The van der Waals surface area contributed by atoms with Crippen molar-refractivity contribution in [3.63, 3.8) is 0 Å². The predicted molar refractivity (Wildman–Crippen MR) is 63.8 cm³/mol. The summed E-state index contributed by atoms with van der Waals surface area (Å²) in [5.74, 6) is 0.833. The van der Waals surface area contributed by atoms with E-state index in [1.807, 2.05) is 14.1 Å². The third kappa shape index (κ3) is 2.50. The van der Waals surface area contributed by atoms with Gasteiger partial charge in [0, 0.05) is 18.5 Å². The third-order valence-corrected chi connectivity index (χ3v) is 3.04. The highest BCUT2D eigenvalue weighted by Crippen LogP contribution is 2.15. The average Bonchev–Trinajstić information content (AvgIpc) is 2.26. The highest BCUT2D eigenvalue weighted by molar-refractivity contribution is 5.20. The molecule has 4 nitrogen and oxygen atoms in total. The molecule has 1 heterocycles. The van der Waals surface area contributed by atoms with Crippen LogP contribution >= 0.6 is 0 Å². The Morgan fingerprint density at radius 3 is 2.81 bits per heavy atom. The van der Waals surface area contributed by atoms with E-state index in [9.17, 15) is 4.79 Å². The molecule has 2 rings (SSSR count). The Kier molecular flexibility index (Phi) is 3.39. The Bertz CT molecular complexity index is 423. The quantitative estimate of drug-likeness (QED) is 0.819. The third-order valence-electron chi connectivity index (χ3n) is 3.04. The molecule has 1 N–H and O–H groups in total. The summed E-state index contributed by atoms with van der Waals surface area (Å²) in [6.07, 6.45) is 4.96. The smallest absolute Gasteiger partial charge is 0.254 e. The Morgan fingerprint density at radius 1 is 1.31 bits per heavy atom. The monoisotopic (exact) mass is 221 g/mol. The minimum absolute atomic E-state index is 0.0819. The van der Waals surface area contributed by atoms with Gasteiger partial charge in [0.05, 0.1) is 5.69 Å². The molecule has 1 aromatic heterocycles. The summed E-state index contributed by atoms with van der Waals surface area (Å²) in [4.78, 5) is 21.4. The van der Waals surface area contributed by atoms with Crippen LogP contribution in [0.25, 0.3) is 0 Å². The van der Waals surface area contributed by atoms with Crippen molar-refractivity contribution in [1.82, 2.24) is 14.9 Å². The van der Waals surface area contributed by atoms with Crippen molar-refractivity contribution >= 4 is 0 Å². The molecule has 0 atom stereocenters. The summed E-state index contributed by atoms with van der Waals surface area (Å²) >= 11 is 0. The zero-order chi connectivity index (χ0) is 11.5. The maximum atomic E-state index is 11.8. The number of aromatic amines is 1. The van der Waals surface area contributed by atoms with E-state index < -0.39 is 0 Å². The van der Waals surface area contributed by atoms with Crippen molar-refractivity contribution in [1.29, 1.82) is 0 Å². The van der Waals surface area contributed by atoms with Gasteiger partial charge in [0.1, 0.15) is 5.82 Å². The lowest BCUT2D eigenvalue weighted by molar-refractivity contribution is 0.408. The fourth-order valence-electron chi connectivity index (χ4n) is 2.10. The number of nitrogens with one attached hydrogen (secondary N) is 1. The van der Waals surface area contributed by atoms with E-state index in [4.69, 9.17) is 0 Å². The molecule has 0 aliphatic heterocycles. The van der Waals surface area contributed by atoms with E-state index in [0.29, 0.717) is 0 Å². The van der Waals surface area contributed by atoms with Gasteiger partial charge in [0.2, 0.25) is 0 Å². The topological polar surface area (TPSA) is 49.0 Å². The first-order valence-corrected chi connectivity index (χ1v) is 5.92. The minimum Gasteiger partial charge on any atom is -0.310 e. The van der Waals surface area contributed by atoms with Gasteiger partial charge in [-0.1, -0.05) is 0 Å². The predicted octanol–water partition coefficient (Wildman–Crippen LogP) is 0.753. The maximum Gasteiger partial charge on any atom is 0.254 e. The van der Waals surface area contributed by atoms with Crippen molar-refractivity contribution in [2.45, 2.75) is 32.1 Å². The second-order valence-electron chi connectivity index (χ2n) is 4.70. The largest absolute Gasteiger partial charge is 0.310 e. The number of rotatable bonds is 3. The van der Waals surface area contributed by atoms with Crippen LogP contribution in [0.1, 0.15) is 29.9 Å². The molecule has 0 spiro atoms. The number of aryl methyl sites for hydroxylation is 1. The molecule has 0 unspecified atom stereocenters. The molecule has 4 heteroatoms. The zero-order valence-electron chi connectivity index (χ0n) is 10.0. The van der Waals surface area contributed by atoms with Gasteiger partial charge in [-0.3, -0.25) is 4.79 Å². The van der Waals surface area contributed by atoms with Crippen molar-refractivity contribution < 1.29 is 0 Å². The average molecular weight is 221 g/mol. The Morgan fingerprint density at radius 2 is 2.06 bits per heavy atom. The molecule has 0 fully saturated rings. The molecule has 0 bridgehead atoms. The summed E-state index contributed by atoms with van der Waals surface area (Å²) < 4.78 is 0. The summed E-state index contributed by atoms with van der Waals surface area (Å²) in [5.41, 5.74) is 2.03. The lowest BCUT2D eigenvalue weighted by Crippen LogP contribution is -2.25. The Balaban J connectivity index is 2.22. The first kappa shape index (κ1) is 11.3. The van der Waals surface area contributed by atoms with Gasteiger partial charge in [0.15, 0.2) is 0 Å². The van der Waals surface area contributed by atoms with Crippen LogP contribution in [0.2, 0.25) is 0 Å². The summed E-state index contributed by atoms with van der Waals surface area (Å²) in [6, 6.07) is 0. The van der Waals surface area contributed by atoms with E-state index in [-0.39, 0.29) is 5.56 Å². The first-order valence-electron chi connectivity index (χ1n) is 5.92. The van der Waals surface area contributed by atoms with Crippen LogP contribution in [0.15, 0.2) is 4.79 Å². The molecule has 0 radical (unpaired) electrons. The molecule has 1 aromatic rings. The lowest BCUT2D eigenvalue weighted by atomic mass is 9.97. The SMILES string of the molecule is CN(C)CCc1nc2c(c(=O)[nH]1)CCCC2. The molecule has 16 heavy (non-hydrogen) atoms. The van der Waals surface area contributed by atoms with Gasteiger partial charge in [0.25, 0.3) is 5.56 Å². The van der Waals surface area contributed by atoms with Crippen LogP contribution in [0.3, 0.4) is 0 Å². The van der Waals surface area contributed by atoms with Gasteiger partial charge in [-0.15, -0.1) is 0 Å². The Labute approximate surface area is 95.7 Å². The summed E-state index contributed by atoms with van der Waals surface area (Å²) in [6.45, 7) is 0.918. The van der Waals surface area contributed by atoms with Crippen LogP contribution in [-0.4, -0.2) is 35.5 Å². The first-order chi connectivity index (χ1) is 7.66. The minimum atomic E-state index is 0.0819.